The monoisotopic (exact) mass is 692 g/mol. The maximum atomic E-state index is 12.0. The third-order valence-corrected chi connectivity index (χ3v) is 9.52. The molecule has 0 saturated carbocycles. The second-order valence-corrected chi connectivity index (χ2v) is 14.7. The third-order valence-electron chi connectivity index (χ3n) is 8.54. The van der Waals surface area contributed by atoms with Crippen molar-refractivity contribution in [2.24, 2.45) is 0 Å². The highest BCUT2D eigenvalue weighted by Gasteiger charge is 2.23. The Kier molecular flexibility index (Phi) is 34.1. The molecule has 0 spiro atoms. The number of nitrogens with one attached hydrogen (secondary N) is 1. The summed E-state index contributed by atoms with van der Waals surface area (Å²) < 4.78 is 26.8. The van der Waals surface area contributed by atoms with E-state index in [0.29, 0.717) is 6.42 Å². The molecule has 3 N–H and O–H groups in total. The number of carbonyl (C=O) groups is 2. The molecule has 0 aliphatic heterocycles. The van der Waals surface area contributed by atoms with Gasteiger partial charge in [-0.3, -0.25) is 18.6 Å². The van der Waals surface area contributed by atoms with E-state index in [1.54, 1.807) is 0 Å². The van der Waals surface area contributed by atoms with Gasteiger partial charge in [0, 0.05) is 19.4 Å². The number of aliphatic hydroxyl groups excluding tert-OH is 1. The third kappa shape index (κ3) is 36.1. The van der Waals surface area contributed by atoms with Crippen LogP contribution in [-0.2, 0) is 27.9 Å². The Morgan fingerprint density at radius 2 is 0.957 bits per heavy atom. The van der Waals surface area contributed by atoms with Crippen LogP contribution >= 0.6 is 7.82 Å². The molecule has 0 rings (SSSR count). The van der Waals surface area contributed by atoms with Crippen LogP contribution in [0.4, 0.5) is 0 Å². The Labute approximate surface area is 288 Å². The van der Waals surface area contributed by atoms with Crippen molar-refractivity contribution in [3.8, 4) is 0 Å². The Morgan fingerprint density at radius 3 is 1.38 bits per heavy atom. The molecule has 0 aromatic heterocycles. The molecule has 47 heavy (non-hydrogen) atoms. The van der Waals surface area contributed by atoms with Crippen molar-refractivity contribution >= 4 is 19.7 Å². The van der Waals surface area contributed by atoms with E-state index in [-0.39, 0.29) is 32.1 Å². The van der Waals surface area contributed by atoms with Crippen LogP contribution < -0.4 is 5.32 Å². The van der Waals surface area contributed by atoms with Gasteiger partial charge < -0.3 is 20.1 Å². The first-order valence-corrected chi connectivity index (χ1v) is 21.0. The summed E-state index contributed by atoms with van der Waals surface area (Å²) in [5.41, 5.74) is 0. The molecule has 0 fully saturated rings. The van der Waals surface area contributed by atoms with Crippen molar-refractivity contribution in [2.45, 2.75) is 200 Å². The lowest BCUT2D eigenvalue weighted by Crippen LogP contribution is -2.27. The van der Waals surface area contributed by atoms with Gasteiger partial charge in [0.1, 0.15) is 12.7 Å². The molecule has 0 radical (unpaired) electrons. The summed E-state index contributed by atoms with van der Waals surface area (Å²) in [6.45, 7) is 3.57. The highest BCUT2D eigenvalue weighted by Crippen LogP contribution is 2.42. The van der Waals surface area contributed by atoms with Crippen molar-refractivity contribution in [3.05, 3.63) is 0 Å². The van der Waals surface area contributed by atoms with Gasteiger partial charge in [-0.1, -0.05) is 168 Å². The summed E-state index contributed by atoms with van der Waals surface area (Å²) in [6.07, 6.45) is 31.7. The largest absolute Gasteiger partial charge is 0.472 e. The number of esters is 1. The summed E-state index contributed by atoms with van der Waals surface area (Å²) in [5.74, 6) is -0.508. The predicted octanol–water partition coefficient (Wildman–Crippen LogP) is 10.1. The van der Waals surface area contributed by atoms with E-state index in [4.69, 9.17) is 13.8 Å². The van der Waals surface area contributed by atoms with Gasteiger partial charge in [0.25, 0.3) is 0 Å². The molecule has 10 heteroatoms. The molecule has 0 saturated heterocycles. The number of ether oxygens (including phenoxy) is 1. The van der Waals surface area contributed by atoms with E-state index in [9.17, 15) is 24.2 Å². The summed E-state index contributed by atoms with van der Waals surface area (Å²) in [7, 11) is -4.40. The molecular formula is C37H74NO8P. The van der Waals surface area contributed by atoms with Crippen molar-refractivity contribution in [1.29, 1.82) is 0 Å². The number of hydrogen-bond donors (Lipinski definition) is 3. The zero-order valence-electron chi connectivity index (χ0n) is 30.5. The highest BCUT2D eigenvalue weighted by atomic mass is 31.2. The average Bonchev–Trinajstić information content (AvgIpc) is 3.05. The molecule has 0 aliphatic carbocycles. The normalized spacial score (nSPS) is 13.4. The van der Waals surface area contributed by atoms with Crippen molar-refractivity contribution < 1.29 is 37.9 Å². The predicted molar refractivity (Wildman–Crippen MR) is 192 cm³/mol. The van der Waals surface area contributed by atoms with Crippen molar-refractivity contribution in [2.75, 3.05) is 26.4 Å². The van der Waals surface area contributed by atoms with E-state index in [2.05, 4.69) is 19.2 Å². The minimum atomic E-state index is -4.40. The Bertz CT molecular complexity index is 754. The second-order valence-electron chi connectivity index (χ2n) is 13.3. The lowest BCUT2D eigenvalue weighted by molar-refractivity contribution is -0.147. The Balaban J connectivity index is 3.59. The van der Waals surface area contributed by atoms with Gasteiger partial charge in [-0.2, -0.15) is 0 Å². The van der Waals surface area contributed by atoms with E-state index in [1.165, 1.54) is 128 Å². The van der Waals surface area contributed by atoms with Gasteiger partial charge in [0.05, 0.1) is 13.2 Å². The van der Waals surface area contributed by atoms with E-state index >= 15 is 0 Å². The fourth-order valence-corrected chi connectivity index (χ4v) is 6.31. The van der Waals surface area contributed by atoms with Gasteiger partial charge in [-0.25, -0.2) is 4.57 Å². The number of hydrogen-bond acceptors (Lipinski definition) is 7. The summed E-state index contributed by atoms with van der Waals surface area (Å²) >= 11 is 0. The van der Waals surface area contributed by atoms with Crippen LogP contribution in [0.3, 0.4) is 0 Å². The minimum absolute atomic E-state index is 0.0878. The van der Waals surface area contributed by atoms with E-state index in [0.717, 1.165) is 38.5 Å². The zero-order valence-corrected chi connectivity index (χ0v) is 31.4. The molecule has 280 valence electrons. The van der Waals surface area contributed by atoms with Gasteiger partial charge in [-0.05, 0) is 12.8 Å². The molecule has 9 nitrogen and oxygen atoms in total. The summed E-state index contributed by atoms with van der Waals surface area (Å²) in [6, 6.07) is 0. The number of phosphoric ester groups is 1. The molecule has 1 unspecified atom stereocenters. The first-order chi connectivity index (χ1) is 22.8. The SMILES string of the molecule is CCCCCCCCCCCCCCCC(=O)NCCOP(=O)(O)OC[C@H](O)COC(=O)CCCCCCCCCCCCCCC. The van der Waals surface area contributed by atoms with Gasteiger partial charge >= 0.3 is 13.8 Å². The first kappa shape index (κ1) is 46.0. The number of carbonyl (C=O) groups excluding carboxylic acids is 2. The van der Waals surface area contributed by atoms with Crippen molar-refractivity contribution in [1.82, 2.24) is 5.32 Å². The Hall–Kier alpha value is -0.990. The van der Waals surface area contributed by atoms with E-state index < -0.39 is 26.5 Å². The summed E-state index contributed by atoms with van der Waals surface area (Å²) in [4.78, 5) is 33.7. The number of rotatable bonds is 37. The van der Waals surface area contributed by atoms with Crippen LogP contribution in [0.1, 0.15) is 194 Å². The van der Waals surface area contributed by atoms with Crippen LogP contribution in [-0.4, -0.2) is 54.3 Å². The van der Waals surface area contributed by atoms with Crippen LogP contribution in [0.5, 0.6) is 0 Å². The van der Waals surface area contributed by atoms with E-state index in [1.807, 2.05) is 0 Å². The highest BCUT2D eigenvalue weighted by molar-refractivity contribution is 7.47. The fourth-order valence-electron chi connectivity index (χ4n) is 5.56. The maximum absolute atomic E-state index is 12.0. The molecule has 0 aliphatic rings. The number of unbranched alkanes of at least 4 members (excludes halogenated alkanes) is 24. The van der Waals surface area contributed by atoms with Crippen LogP contribution in [0.15, 0.2) is 0 Å². The Morgan fingerprint density at radius 1 is 0.574 bits per heavy atom. The first-order valence-electron chi connectivity index (χ1n) is 19.5. The number of amides is 1. The van der Waals surface area contributed by atoms with Crippen LogP contribution in [0, 0.1) is 0 Å². The number of aliphatic hydroxyl groups is 1. The van der Waals surface area contributed by atoms with Gasteiger partial charge in [0.2, 0.25) is 5.91 Å². The smallest absolute Gasteiger partial charge is 0.463 e. The standard InChI is InChI=1S/C37H74NO8P/c1-3-5-7-9-11-13-15-17-19-21-23-25-27-29-36(40)38-31-32-45-47(42,43)46-34-35(39)33-44-37(41)30-28-26-24-22-20-18-16-14-12-10-8-6-4-2/h35,39H,3-34H2,1-2H3,(H,38,40)(H,42,43)/t35-/m1/s1. The molecular weight excluding hydrogens is 617 g/mol. The minimum Gasteiger partial charge on any atom is -0.463 e. The number of phosphoric acid groups is 1. The average molecular weight is 692 g/mol. The topological polar surface area (TPSA) is 131 Å². The quantitative estimate of drug-likeness (QED) is 0.0333. The molecule has 0 heterocycles. The molecule has 0 aromatic carbocycles. The molecule has 2 atom stereocenters. The van der Waals surface area contributed by atoms with Gasteiger partial charge in [0.15, 0.2) is 0 Å². The summed E-state index contributed by atoms with van der Waals surface area (Å²) in [5, 5.41) is 12.6. The molecule has 0 bridgehead atoms. The molecule has 1 amide bonds. The second kappa shape index (κ2) is 34.9. The fraction of sp³-hybridized carbons (Fsp3) is 0.946. The van der Waals surface area contributed by atoms with Crippen LogP contribution in [0.2, 0.25) is 0 Å². The zero-order chi connectivity index (χ0) is 34.7. The van der Waals surface area contributed by atoms with Gasteiger partial charge in [-0.15, -0.1) is 0 Å². The van der Waals surface area contributed by atoms with Crippen molar-refractivity contribution in [3.63, 3.8) is 0 Å². The molecule has 0 aromatic rings. The lowest BCUT2D eigenvalue weighted by atomic mass is 10.0. The lowest BCUT2D eigenvalue weighted by Gasteiger charge is -2.15. The maximum Gasteiger partial charge on any atom is 0.472 e. The van der Waals surface area contributed by atoms with Crippen LogP contribution in [0.25, 0.3) is 0 Å².